The maximum Gasteiger partial charge on any atom is 0.139 e. The van der Waals surface area contributed by atoms with Crippen LogP contribution in [0, 0.1) is 0 Å². The molecule has 0 aliphatic rings. The lowest BCUT2D eigenvalue weighted by atomic mass is 10.4. The summed E-state index contributed by atoms with van der Waals surface area (Å²) in [6.45, 7) is 1.37. The summed E-state index contributed by atoms with van der Waals surface area (Å²) in [4.78, 5) is 15.6. The fourth-order valence-corrected chi connectivity index (χ4v) is 1.69. The van der Waals surface area contributed by atoms with Gasteiger partial charge in [0.15, 0.2) is 0 Å². The van der Waals surface area contributed by atoms with Crippen LogP contribution in [0.3, 0.4) is 0 Å². The summed E-state index contributed by atoms with van der Waals surface area (Å²) in [7, 11) is 3.93. The van der Waals surface area contributed by atoms with E-state index < -0.39 is 0 Å². The van der Waals surface area contributed by atoms with Crippen molar-refractivity contribution < 1.29 is 0 Å². The molecule has 18 heavy (non-hydrogen) atoms. The normalized spacial score (nSPS) is 10.4. The molecule has 0 fully saturated rings. The van der Waals surface area contributed by atoms with Gasteiger partial charge in [-0.1, -0.05) is 0 Å². The second kappa shape index (κ2) is 5.50. The molecule has 0 aliphatic carbocycles. The zero-order valence-corrected chi connectivity index (χ0v) is 10.7. The number of rotatable bonds is 5. The molecule has 96 valence electrons. The number of anilines is 3. The van der Waals surface area contributed by atoms with Gasteiger partial charge in [-0.05, 0) is 12.1 Å². The Morgan fingerprint density at radius 3 is 2.72 bits per heavy atom. The molecular weight excluding hydrogens is 228 g/mol. The lowest BCUT2D eigenvalue weighted by Crippen LogP contribution is -2.26. The van der Waals surface area contributed by atoms with Crippen molar-refractivity contribution in [2.75, 3.05) is 37.0 Å². The van der Waals surface area contributed by atoms with Crippen LogP contribution in [-0.2, 0) is 0 Å². The van der Waals surface area contributed by atoms with E-state index in [4.69, 9.17) is 5.73 Å². The molecule has 2 rings (SSSR count). The third-order valence-electron chi connectivity index (χ3n) is 2.78. The minimum Gasteiger partial charge on any atom is -0.358 e. The molecule has 0 amide bonds. The first-order chi connectivity index (χ1) is 8.72. The Balaban J connectivity index is 2.21. The van der Waals surface area contributed by atoms with Crippen molar-refractivity contribution in [1.82, 2.24) is 15.0 Å². The molecule has 0 spiro atoms. The van der Waals surface area contributed by atoms with Crippen molar-refractivity contribution in [3.05, 3.63) is 30.7 Å². The van der Waals surface area contributed by atoms with Crippen LogP contribution in [-0.4, -0.2) is 42.1 Å². The van der Waals surface area contributed by atoms with Crippen LogP contribution < -0.4 is 15.5 Å². The van der Waals surface area contributed by atoms with E-state index in [0.29, 0.717) is 6.54 Å². The number of hydrogen-bond acceptors (Lipinski definition) is 5. The summed E-state index contributed by atoms with van der Waals surface area (Å²) in [5, 5.41) is 0. The number of hydrogen-bond donors (Lipinski definition) is 2. The van der Waals surface area contributed by atoms with E-state index >= 15 is 0 Å². The molecule has 2 aromatic rings. The number of likely N-dealkylation sites (N-methyl/N-ethyl adjacent to an activating group) is 1. The Hall–Kier alpha value is -2.08. The summed E-state index contributed by atoms with van der Waals surface area (Å²) < 4.78 is 0. The highest BCUT2D eigenvalue weighted by atomic mass is 15.2. The van der Waals surface area contributed by atoms with Crippen molar-refractivity contribution in [1.29, 1.82) is 0 Å². The van der Waals surface area contributed by atoms with Crippen molar-refractivity contribution in [2.24, 2.45) is 5.73 Å². The van der Waals surface area contributed by atoms with E-state index in [1.807, 2.05) is 48.3 Å². The first kappa shape index (κ1) is 12.4. The van der Waals surface area contributed by atoms with E-state index in [1.165, 1.54) is 0 Å². The third kappa shape index (κ3) is 2.60. The number of aromatic amines is 1. The van der Waals surface area contributed by atoms with E-state index in [-0.39, 0.29) is 0 Å². The molecule has 6 heteroatoms. The molecule has 3 N–H and O–H groups in total. The van der Waals surface area contributed by atoms with Gasteiger partial charge in [0.1, 0.15) is 23.8 Å². The molecule has 0 aliphatic heterocycles. The van der Waals surface area contributed by atoms with Crippen molar-refractivity contribution in [3.8, 4) is 0 Å². The van der Waals surface area contributed by atoms with Crippen LogP contribution in [0.1, 0.15) is 0 Å². The average Bonchev–Trinajstić information content (AvgIpc) is 2.92. The highest BCUT2D eigenvalue weighted by Gasteiger charge is 2.09. The molecule has 2 aromatic heterocycles. The van der Waals surface area contributed by atoms with Gasteiger partial charge in [-0.2, -0.15) is 0 Å². The van der Waals surface area contributed by atoms with Crippen LogP contribution in [0.5, 0.6) is 0 Å². The second-order valence-electron chi connectivity index (χ2n) is 4.06. The van der Waals surface area contributed by atoms with Gasteiger partial charge in [-0.25, -0.2) is 9.97 Å². The summed E-state index contributed by atoms with van der Waals surface area (Å²) in [5.74, 6) is 2.69. The fraction of sp³-hybridized carbons (Fsp3) is 0.333. The Bertz CT molecular complexity index is 481. The van der Waals surface area contributed by atoms with Crippen molar-refractivity contribution in [3.63, 3.8) is 0 Å². The molecule has 6 nitrogen and oxygen atoms in total. The standard InChI is InChI=1S/C12H18N6/c1-17(7-5-13)11-8-12(16-9-15-11)18(2)10-4-3-6-14-10/h3-4,6,8-9,14H,5,7,13H2,1-2H3. The highest BCUT2D eigenvalue weighted by Crippen LogP contribution is 2.21. The monoisotopic (exact) mass is 246 g/mol. The van der Waals surface area contributed by atoms with Crippen molar-refractivity contribution >= 4 is 17.5 Å². The SMILES string of the molecule is CN(CCN)c1cc(N(C)c2ccc[nH]2)ncn1. The van der Waals surface area contributed by atoms with Gasteiger partial charge in [-0.3, -0.25) is 0 Å². The molecule has 0 bridgehead atoms. The second-order valence-corrected chi connectivity index (χ2v) is 4.06. The number of nitrogens with one attached hydrogen (secondary N) is 1. The molecule has 0 saturated carbocycles. The number of nitrogens with two attached hydrogens (primary N) is 1. The molecule has 0 aromatic carbocycles. The highest BCUT2D eigenvalue weighted by molar-refractivity contribution is 5.58. The van der Waals surface area contributed by atoms with Crippen molar-refractivity contribution in [2.45, 2.75) is 0 Å². The molecule has 0 unspecified atom stereocenters. The number of nitrogens with zero attached hydrogens (tertiary/aromatic N) is 4. The van der Waals surface area contributed by atoms with E-state index in [2.05, 4.69) is 15.0 Å². The van der Waals surface area contributed by atoms with Crippen LogP contribution in [0.4, 0.5) is 17.5 Å². The van der Waals surface area contributed by atoms with Crippen LogP contribution in [0.25, 0.3) is 0 Å². The quantitative estimate of drug-likeness (QED) is 0.822. The van der Waals surface area contributed by atoms with E-state index in [0.717, 1.165) is 24.0 Å². The minimum absolute atomic E-state index is 0.600. The van der Waals surface area contributed by atoms with Crippen LogP contribution in [0.2, 0.25) is 0 Å². The summed E-state index contributed by atoms with van der Waals surface area (Å²) in [6, 6.07) is 5.89. The molecule has 0 saturated heterocycles. The zero-order chi connectivity index (χ0) is 13.0. The Morgan fingerprint density at radius 1 is 1.28 bits per heavy atom. The first-order valence-corrected chi connectivity index (χ1v) is 5.82. The Kier molecular flexibility index (Phi) is 3.78. The average molecular weight is 246 g/mol. The van der Waals surface area contributed by atoms with E-state index in [9.17, 15) is 0 Å². The molecule has 2 heterocycles. The van der Waals surface area contributed by atoms with Gasteiger partial charge in [0, 0.05) is 39.4 Å². The maximum absolute atomic E-state index is 5.54. The topological polar surface area (TPSA) is 74.1 Å². The summed E-state index contributed by atoms with van der Waals surface area (Å²) >= 11 is 0. The lowest BCUT2D eigenvalue weighted by Gasteiger charge is -2.20. The van der Waals surface area contributed by atoms with Crippen LogP contribution >= 0.6 is 0 Å². The fourth-order valence-electron chi connectivity index (χ4n) is 1.69. The largest absolute Gasteiger partial charge is 0.358 e. The van der Waals surface area contributed by atoms with Gasteiger partial charge < -0.3 is 20.5 Å². The Morgan fingerprint density at radius 2 is 2.06 bits per heavy atom. The van der Waals surface area contributed by atoms with Gasteiger partial charge >= 0.3 is 0 Å². The summed E-state index contributed by atoms with van der Waals surface area (Å²) in [6.07, 6.45) is 3.45. The predicted molar refractivity (Wildman–Crippen MR) is 73.2 cm³/mol. The minimum atomic E-state index is 0.600. The Labute approximate surface area is 106 Å². The smallest absolute Gasteiger partial charge is 0.139 e. The van der Waals surface area contributed by atoms with Gasteiger partial charge in [-0.15, -0.1) is 0 Å². The van der Waals surface area contributed by atoms with Crippen LogP contribution in [0.15, 0.2) is 30.7 Å². The zero-order valence-electron chi connectivity index (χ0n) is 10.7. The van der Waals surface area contributed by atoms with Gasteiger partial charge in [0.05, 0.1) is 0 Å². The first-order valence-electron chi connectivity index (χ1n) is 5.82. The van der Waals surface area contributed by atoms with Gasteiger partial charge in [0.2, 0.25) is 0 Å². The summed E-state index contributed by atoms with van der Waals surface area (Å²) in [5.41, 5.74) is 5.54. The molecule has 0 atom stereocenters. The van der Waals surface area contributed by atoms with Gasteiger partial charge in [0.25, 0.3) is 0 Å². The van der Waals surface area contributed by atoms with E-state index in [1.54, 1.807) is 6.33 Å². The maximum atomic E-state index is 5.54. The lowest BCUT2D eigenvalue weighted by molar-refractivity contribution is 0.862. The molecular formula is C12H18N6. The third-order valence-corrected chi connectivity index (χ3v) is 2.78. The number of aromatic nitrogens is 3. The number of H-pyrrole nitrogens is 1. The molecule has 0 radical (unpaired) electrons. The predicted octanol–water partition coefficient (Wildman–Crippen LogP) is 0.967.